The molecule has 1 aromatic carbocycles. The number of hydrogen-bond acceptors (Lipinski definition) is 4. The van der Waals surface area contributed by atoms with E-state index in [0.717, 1.165) is 17.0 Å². The van der Waals surface area contributed by atoms with Gasteiger partial charge >= 0.3 is 6.09 Å². The first-order valence-electron chi connectivity index (χ1n) is 6.46. The minimum atomic E-state index is -0.686. The second-order valence-corrected chi connectivity index (χ2v) is 5.31. The van der Waals surface area contributed by atoms with Gasteiger partial charge in [0.05, 0.1) is 13.7 Å². The number of rotatable bonds is 6. The Morgan fingerprint density at radius 3 is 2.50 bits per heavy atom. The molecular formula is C14H21N2O3S+. The van der Waals surface area contributed by atoms with Crippen molar-refractivity contribution in [3.05, 3.63) is 29.8 Å². The maximum Gasteiger partial charge on any atom is 0.414 e. The zero-order valence-corrected chi connectivity index (χ0v) is 12.9. The van der Waals surface area contributed by atoms with Gasteiger partial charge in [0.15, 0.2) is 6.54 Å². The monoisotopic (exact) mass is 297 g/mol. The number of hydrogen-bond donors (Lipinski definition) is 2. The molecule has 1 rings (SSSR count). The molecule has 110 valence electrons. The van der Waals surface area contributed by atoms with Crippen molar-refractivity contribution >= 4 is 23.8 Å². The Kier molecular flexibility index (Phi) is 7.11. The maximum absolute atomic E-state index is 11.6. The molecule has 20 heavy (non-hydrogen) atoms. The maximum atomic E-state index is 11.6. The summed E-state index contributed by atoms with van der Waals surface area (Å²) in [5, 5.41) is 2.19. The van der Waals surface area contributed by atoms with Gasteiger partial charge in [-0.25, -0.2) is 4.79 Å². The summed E-state index contributed by atoms with van der Waals surface area (Å²) in [5.41, 5.74) is 1.16. The predicted molar refractivity (Wildman–Crippen MR) is 78.8 cm³/mol. The van der Waals surface area contributed by atoms with Gasteiger partial charge in [-0.3, -0.25) is 10.1 Å². The summed E-state index contributed by atoms with van der Waals surface area (Å²) in [4.78, 5) is 24.9. The fraction of sp³-hybridized carbons (Fsp3) is 0.429. The normalized spacial score (nSPS) is 11.8. The highest BCUT2D eigenvalue weighted by molar-refractivity contribution is 7.98. The van der Waals surface area contributed by atoms with Crippen LogP contribution in [0.3, 0.4) is 0 Å². The number of ether oxygens (including phenoxy) is 1. The third-order valence-electron chi connectivity index (χ3n) is 2.64. The molecule has 0 saturated carbocycles. The largest absolute Gasteiger partial charge is 0.450 e. The average molecular weight is 297 g/mol. The fourth-order valence-corrected chi connectivity index (χ4v) is 2.16. The molecule has 0 heterocycles. The van der Waals surface area contributed by atoms with E-state index in [1.54, 1.807) is 18.7 Å². The number of thioether (sulfide) groups is 1. The Morgan fingerprint density at radius 1 is 1.30 bits per heavy atom. The van der Waals surface area contributed by atoms with Crippen molar-refractivity contribution in [3.8, 4) is 0 Å². The van der Waals surface area contributed by atoms with Crippen molar-refractivity contribution in [2.45, 2.75) is 18.4 Å². The number of quaternary nitrogens is 1. The molecule has 2 amide bonds. The minimum Gasteiger partial charge on any atom is -0.450 e. The van der Waals surface area contributed by atoms with Crippen LogP contribution >= 0.6 is 11.8 Å². The number of carbonyl (C=O) groups excluding carboxylic acids is 2. The molecule has 1 atom stereocenters. The summed E-state index contributed by atoms with van der Waals surface area (Å²) in [5.74, 6) is -0.332. The van der Waals surface area contributed by atoms with E-state index >= 15 is 0 Å². The van der Waals surface area contributed by atoms with Gasteiger partial charge in [-0.2, -0.15) is 0 Å². The molecule has 5 nitrogen and oxygen atoms in total. The SMILES string of the molecule is CCOC(=O)NC(=O)C[NH+](C)Cc1ccc(SC)cc1. The van der Waals surface area contributed by atoms with Gasteiger partial charge in [-0.15, -0.1) is 11.8 Å². The summed E-state index contributed by atoms with van der Waals surface area (Å²) in [6, 6.07) is 8.23. The molecule has 0 fully saturated rings. The van der Waals surface area contributed by atoms with E-state index in [2.05, 4.69) is 34.3 Å². The number of carbonyl (C=O) groups is 2. The number of amides is 2. The Morgan fingerprint density at radius 2 is 1.95 bits per heavy atom. The lowest BCUT2D eigenvalue weighted by Crippen LogP contribution is -3.08. The summed E-state index contributed by atoms with van der Waals surface area (Å²) >= 11 is 1.70. The van der Waals surface area contributed by atoms with E-state index in [1.165, 1.54) is 4.90 Å². The number of likely N-dealkylation sites (N-methyl/N-ethyl adjacent to an activating group) is 1. The fourth-order valence-electron chi connectivity index (χ4n) is 1.75. The van der Waals surface area contributed by atoms with Crippen LogP contribution in [0.25, 0.3) is 0 Å². The van der Waals surface area contributed by atoms with E-state index in [9.17, 15) is 9.59 Å². The summed E-state index contributed by atoms with van der Waals surface area (Å²) in [6.45, 7) is 2.90. The van der Waals surface area contributed by atoms with E-state index in [1.807, 2.05) is 13.3 Å². The highest BCUT2D eigenvalue weighted by atomic mass is 32.2. The van der Waals surface area contributed by atoms with E-state index < -0.39 is 6.09 Å². The van der Waals surface area contributed by atoms with Crippen molar-refractivity contribution < 1.29 is 19.2 Å². The molecule has 0 aliphatic rings. The van der Waals surface area contributed by atoms with Crippen molar-refractivity contribution in [1.82, 2.24) is 5.32 Å². The zero-order valence-electron chi connectivity index (χ0n) is 12.1. The lowest BCUT2D eigenvalue weighted by Gasteiger charge is -2.13. The molecule has 6 heteroatoms. The van der Waals surface area contributed by atoms with Crippen molar-refractivity contribution in [3.63, 3.8) is 0 Å². The van der Waals surface area contributed by atoms with E-state index in [-0.39, 0.29) is 19.1 Å². The highest BCUT2D eigenvalue weighted by Gasteiger charge is 2.13. The number of imide groups is 1. The Balaban J connectivity index is 2.40. The molecule has 0 aromatic heterocycles. The molecule has 0 aliphatic carbocycles. The minimum absolute atomic E-state index is 0.225. The molecule has 0 spiro atoms. The molecule has 0 aliphatic heterocycles. The third kappa shape index (κ3) is 6.08. The van der Waals surface area contributed by atoms with Crippen LogP contribution in [0.5, 0.6) is 0 Å². The van der Waals surface area contributed by atoms with Gasteiger partial charge in [0.1, 0.15) is 6.54 Å². The van der Waals surface area contributed by atoms with Crippen LogP contribution < -0.4 is 10.2 Å². The first-order chi connectivity index (χ1) is 9.55. The Bertz CT molecular complexity index is 448. The number of alkyl carbamates (subject to hydrolysis) is 1. The van der Waals surface area contributed by atoms with Gasteiger partial charge < -0.3 is 9.64 Å². The van der Waals surface area contributed by atoms with Gasteiger partial charge in [0.2, 0.25) is 0 Å². The zero-order chi connectivity index (χ0) is 15.0. The third-order valence-corrected chi connectivity index (χ3v) is 3.39. The standard InChI is InChI=1S/C14H20N2O3S/c1-4-19-14(18)15-13(17)10-16(2)9-11-5-7-12(20-3)8-6-11/h5-8H,4,9-10H2,1-3H3,(H,15,17,18)/p+1. The smallest absolute Gasteiger partial charge is 0.414 e. The molecule has 0 saturated heterocycles. The highest BCUT2D eigenvalue weighted by Crippen LogP contribution is 2.14. The van der Waals surface area contributed by atoms with Crippen LogP contribution in [0.4, 0.5) is 4.79 Å². The van der Waals surface area contributed by atoms with Gasteiger partial charge in [-0.05, 0) is 25.3 Å². The molecule has 1 unspecified atom stereocenters. The first-order valence-corrected chi connectivity index (χ1v) is 7.68. The second kappa shape index (κ2) is 8.60. The second-order valence-electron chi connectivity index (χ2n) is 4.43. The molecular weight excluding hydrogens is 276 g/mol. The van der Waals surface area contributed by atoms with Crippen LogP contribution in [0, 0.1) is 0 Å². The van der Waals surface area contributed by atoms with Crippen LogP contribution in [0.1, 0.15) is 12.5 Å². The molecule has 0 bridgehead atoms. The predicted octanol–water partition coefficient (Wildman–Crippen LogP) is 0.696. The van der Waals surface area contributed by atoms with Crippen molar-refractivity contribution in [1.29, 1.82) is 0 Å². The van der Waals surface area contributed by atoms with Gasteiger partial charge in [0.25, 0.3) is 5.91 Å². The summed E-state index contributed by atoms with van der Waals surface area (Å²) in [7, 11) is 1.91. The van der Waals surface area contributed by atoms with Crippen molar-refractivity contribution in [2.24, 2.45) is 0 Å². The van der Waals surface area contributed by atoms with Crippen LogP contribution in [-0.4, -0.2) is 38.5 Å². The van der Waals surface area contributed by atoms with Gasteiger partial charge in [0, 0.05) is 10.5 Å². The van der Waals surface area contributed by atoms with Crippen LogP contribution in [-0.2, 0) is 16.1 Å². The van der Waals surface area contributed by atoms with Crippen LogP contribution in [0.2, 0.25) is 0 Å². The van der Waals surface area contributed by atoms with Crippen LogP contribution in [0.15, 0.2) is 29.2 Å². The molecule has 1 aromatic rings. The van der Waals surface area contributed by atoms with Crippen molar-refractivity contribution in [2.75, 3.05) is 26.5 Å². The van der Waals surface area contributed by atoms with E-state index in [4.69, 9.17) is 0 Å². The molecule has 2 N–H and O–H groups in total. The summed E-state index contributed by atoms with van der Waals surface area (Å²) < 4.78 is 4.66. The lowest BCUT2D eigenvalue weighted by molar-refractivity contribution is -0.885. The quantitative estimate of drug-likeness (QED) is 0.759. The number of nitrogens with one attached hydrogen (secondary N) is 2. The lowest BCUT2D eigenvalue weighted by atomic mass is 10.2. The number of benzene rings is 1. The van der Waals surface area contributed by atoms with Gasteiger partial charge in [-0.1, -0.05) is 12.1 Å². The first kappa shape index (κ1) is 16.5. The average Bonchev–Trinajstić information content (AvgIpc) is 2.39. The summed E-state index contributed by atoms with van der Waals surface area (Å²) in [6.07, 6.45) is 1.35. The Labute approximate surface area is 123 Å². The Hall–Kier alpha value is -1.53. The molecule has 0 radical (unpaired) electrons. The van der Waals surface area contributed by atoms with E-state index in [0.29, 0.717) is 0 Å². The topological polar surface area (TPSA) is 59.8 Å².